The van der Waals surface area contributed by atoms with Crippen LogP contribution < -0.4 is 5.32 Å². The van der Waals surface area contributed by atoms with Crippen LogP contribution in [0, 0.1) is 13.8 Å². The number of para-hydroxylation sites is 1. The van der Waals surface area contributed by atoms with E-state index in [0.717, 1.165) is 15.9 Å². The van der Waals surface area contributed by atoms with E-state index in [1.165, 1.54) is 13.1 Å². The molecule has 6 nitrogen and oxygen atoms in total. The second-order valence-corrected chi connectivity index (χ2v) is 5.88. The molecule has 2 N–H and O–H groups in total. The molecule has 7 heteroatoms. The summed E-state index contributed by atoms with van der Waals surface area (Å²) in [4.78, 5) is 24.8. The predicted octanol–water partition coefficient (Wildman–Crippen LogP) is 4.03. The minimum absolute atomic E-state index is 0.0423. The highest BCUT2D eigenvalue weighted by Crippen LogP contribution is 2.20. The van der Waals surface area contributed by atoms with Crippen LogP contribution in [0.1, 0.15) is 18.3 Å². The molecule has 0 aliphatic rings. The topological polar surface area (TPSA) is 87.5 Å². The van der Waals surface area contributed by atoms with Gasteiger partial charge in [-0.25, -0.2) is 15.0 Å². The van der Waals surface area contributed by atoms with Crippen LogP contribution in [0.25, 0.3) is 0 Å². The number of rotatable bonds is 4. The number of aliphatic hydroxyl groups is 1. The van der Waals surface area contributed by atoms with Gasteiger partial charge in [-0.3, -0.25) is 4.79 Å². The highest BCUT2D eigenvalue weighted by atomic mass is 79.9. The first kappa shape index (κ1) is 17.8. The highest BCUT2D eigenvalue weighted by molar-refractivity contribution is 9.10. The van der Waals surface area contributed by atoms with Crippen molar-refractivity contribution in [2.45, 2.75) is 20.8 Å². The SMILES string of the molecule is C/C(O)=C(\C=N\c1nc(C)c(Br)c(C)n1)C(=O)Nc1ccccc1. The van der Waals surface area contributed by atoms with Gasteiger partial charge in [0.15, 0.2) is 0 Å². The summed E-state index contributed by atoms with van der Waals surface area (Å²) in [6.45, 7) is 5.08. The Kier molecular flexibility index (Phi) is 5.81. The number of hydrogen-bond donors (Lipinski definition) is 2. The fraction of sp³-hybridized carbons (Fsp3) is 0.176. The predicted molar refractivity (Wildman–Crippen MR) is 97.8 cm³/mol. The van der Waals surface area contributed by atoms with E-state index in [2.05, 4.69) is 36.2 Å². The fourth-order valence-electron chi connectivity index (χ4n) is 1.90. The molecule has 0 saturated heterocycles. The molecule has 1 aromatic carbocycles. The Hall–Kier alpha value is -2.54. The van der Waals surface area contributed by atoms with Gasteiger partial charge in [-0.05, 0) is 48.8 Å². The van der Waals surface area contributed by atoms with Crippen molar-refractivity contribution in [3.63, 3.8) is 0 Å². The number of aryl methyl sites for hydroxylation is 2. The van der Waals surface area contributed by atoms with Crippen molar-refractivity contribution in [3.05, 3.63) is 57.5 Å². The molecule has 24 heavy (non-hydrogen) atoms. The number of nitrogens with one attached hydrogen (secondary N) is 1. The molecule has 0 saturated carbocycles. The summed E-state index contributed by atoms with van der Waals surface area (Å²) in [5.41, 5.74) is 2.16. The lowest BCUT2D eigenvalue weighted by Crippen LogP contribution is -2.16. The number of allylic oxidation sites excluding steroid dienone is 1. The molecule has 0 aliphatic heterocycles. The van der Waals surface area contributed by atoms with E-state index in [-0.39, 0.29) is 17.3 Å². The third kappa shape index (κ3) is 4.48. The number of carbonyl (C=O) groups is 1. The number of anilines is 1. The van der Waals surface area contributed by atoms with Gasteiger partial charge < -0.3 is 10.4 Å². The number of amides is 1. The lowest BCUT2D eigenvalue weighted by molar-refractivity contribution is -0.112. The smallest absolute Gasteiger partial charge is 0.260 e. The standard InChI is InChI=1S/C17H17BrN4O2/c1-10-15(18)11(2)21-17(20-10)19-9-14(12(3)23)16(24)22-13-7-5-4-6-8-13/h4-9,23H,1-3H3,(H,22,24)/b14-12-,19-9+. The molecule has 0 radical (unpaired) electrons. The Morgan fingerprint density at radius 3 is 2.33 bits per heavy atom. The number of hydrogen-bond acceptors (Lipinski definition) is 5. The molecule has 0 spiro atoms. The second-order valence-electron chi connectivity index (χ2n) is 5.09. The third-order valence-electron chi connectivity index (χ3n) is 3.15. The molecule has 1 heterocycles. The Labute approximate surface area is 148 Å². The second kappa shape index (κ2) is 7.83. The molecule has 1 aromatic heterocycles. The van der Waals surface area contributed by atoms with Crippen molar-refractivity contribution < 1.29 is 9.90 Å². The van der Waals surface area contributed by atoms with E-state index >= 15 is 0 Å². The maximum absolute atomic E-state index is 12.3. The van der Waals surface area contributed by atoms with Crippen LogP contribution in [-0.4, -0.2) is 27.2 Å². The number of halogens is 1. The van der Waals surface area contributed by atoms with Gasteiger partial charge >= 0.3 is 0 Å². The summed E-state index contributed by atoms with van der Waals surface area (Å²) in [7, 11) is 0. The zero-order valence-electron chi connectivity index (χ0n) is 13.5. The molecule has 0 atom stereocenters. The summed E-state index contributed by atoms with van der Waals surface area (Å²) in [6.07, 6.45) is 1.26. The number of carbonyl (C=O) groups excluding carboxylic acids is 1. The van der Waals surface area contributed by atoms with E-state index < -0.39 is 5.91 Å². The zero-order chi connectivity index (χ0) is 17.7. The minimum Gasteiger partial charge on any atom is -0.512 e. The summed E-state index contributed by atoms with van der Waals surface area (Å²) in [5.74, 6) is -0.382. The first-order chi connectivity index (χ1) is 11.4. The van der Waals surface area contributed by atoms with Gasteiger partial charge in [-0.2, -0.15) is 0 Å². The van der Waals surface area contributed by atoms with E-state index in [0.29, 0.717) is 5.69 Å². The van der Waals surface area contributed by atoms with E-state index in [4.69, 9.17) is 0 Å². The van der Waals surface area contributed by atoms with Gasteiger partial charge in [0.2, 0.25) is 5.95 Å². The van der Waals surface area contributed by atoms with Crippen LogP contribution in [-0.2, 0) is 4.79 Å². The third-order valence-corrected chi connectivity index (χ3v) is 4.29. The zero-order valence-corrected chi connectivity index (χ0v) is 15.1. The van der Waals surface area contributed by atoms with Crippen LogP contribution in [0.2, 0.25) is 0 Å². The largest absolute Gasteiger partial charge is 0.512 e. The average Bonchev–Trinajstić information content (AvgIpc) is 2.53. The Balaban J connectivity index is 2.23. The summed E-state index contributed by atoms with van der Waals surface area (Å²) < 4.78 is 0.817. The fourth-order valence-corrected chi connectivity index (χ4v) is 2.08. The normalized spacial score (nSPS) is 12.2. The Morgan fingerprint density at radius 1 is 1.21 bits per heavy atom. The van der Waals surface area contributed by atoms with Crippen LogP contribution in [0.3, 0.4) is 0 Å². The molecular weight excluding hydrogens is 372 g/mol. The molecule has 2 aromatic rings. The number of aromatic nitrogens is 2. The van der Waals surface area contributed by atoms with E-state index in [9.17, 15) is 9.90 Å². The lowest BCUT2D eigenvalue weighted by Gasteiger charge is -2.06. The quantitative estimate of drug-likeness (QED) is 0.470. The molecule has 0 bridgehead atoms. The molecule has 0 fully saturated rings. The van der Waals surface area contributed by atoms with Gasteiger partial charge in [0.25, 0.3) is 5.91 Å². The van der Waals surface area contributed by atoms with Crippen molar-refractivity contribution in [3.8, 4) is 0 Å². The van der Waals surface area contributed by atoms with Crippen molar-refractivity contribution >= 4 is 39.7 Å². The van der Waals surface area contributed by atoms with Crippen LogP contribution in [0.15, 0.2) is 51.1 Å². The Bertz CT molecular complexity index is 790. The van der Waals surface area contributed by atoms with Gasteiger partial charge in [-0.15, -0.1) is 0 Å². The Morgan fingerprint density at radius 2 is 1.79 bits per heavy atom. The number of aliphatic imine (C=N–C) groups is 1. The van der Waals surface area contributed by atoms with Gasteiger partial charge in [-0.1, -0.05) is 18.2 Å². The van der Waals surface area contributed by atoms with Crippen LogP contribution >= 0.6 is 15.9 Å². The van der Waals surface area contributed by atoms with Gasteiger partial charge in [0.05, 0.1) is 21.4 Å². The van der Waals surface area contributed by atoms with E-state index in [1.54, 1.807) is 24.3 Å². The maximum atomic E-state index is 12.3. The molecule has 124 valence electrons. The molecule has 2 rings (SSSR count). The average molecular weight is 389 g/mol. The van der Waals surface area contributed by atoms with Gasteiger partial charge in [0.1, 0.15) is 5.76 Å². The van der Waals surface area contributed by atoms with Crippen LogP contribution in [0.5, 0.6) is 0 Å². The van der Waals surface area contributed by atoms with E-state index in [1.807, 2.05) is 19.9 Å². The summed E-state index contributed by atoms with van der Waals surface area (Å²) in [5, 5.41) is 12.5. The first-order valence-electron chi connectivity index (χ1n) is 7.19. The van der Waals surface area contributed by atoms with Crippen molar-refractivity contribution in [2.24, 2.45) is 4.99 Å². The minimum atomic E-state index is -0.462. The first-order valence-corrected chi connectivity index (χ1v) is 7.99. The van der Waals surface area contributed by atoms with Crippen molar-refractivity contribution in [1.29, 1.82) is 0 Å². The highest BCUT2D eigenvalue weighted by Gasteiger charge is 2.12. The monoisotopic (exact) mass is 388 g/mol. The van der Waals surface area contributed by atoms with Crippen molar-refractivity contribution in [2.75, 3.05) is 5.32 Å². The number of benzene rings is 1. The van der Waals surface area contributed by atoms with Gasteiger partial charge in [0, 0.05) is 11.9 Å². The molecular formula is C17H17BrN4O2. The van der Waals surface area contributed by atoms with Crippen LogP contribution in [0.4, 0.5) is 11.6 Å². The number of aliphatic hydroxyl groups excluding tert-OH is 1. The van der Waals surface area contributed by atoms with Crippen molar-refractivity contribution in [1.82, 2.24) is 9.97 Å². The number of nitrogens with zero attached hydrogens (tertiary/aromatic N) is 3. The molecule has 0 unspecified atom stereocenters. The lowest BCUT2D eigenvalue weighted by atomic mass is 10.2. The molecule has 0 aliphatic carbocycles. The summed E-state index contributed by atoms with van der Waals surface area (Å²) in [6, 6.07) is 8.97. The molecule has 1 amide bonds. The maximum Gasteiger partial charge on any atom is 0.260 e. The summed E-state index contributed by atoms with van der Waals surface area (Å²) >= 11 is 3.39.